The standard InChI is InChI=1S/C23H22ClFN4O2/c1-31-20-8-7-18(13-19(20)24)27-23(30)16-5-3-11-29(14-16)21-9-10-26-22(28-21)15-4-2-6-17(25)12-15/h2,4,6-10,12-13,16H,3,5,11,14H2,1H3,(H,27,30)/t16-/m1/s1. The van der Waals surface area contributed by atoms with E-state index in [4.69, 9.17) is 16.3 Å². The zero-order chi connectivity index (χ0) is 21.8. The highest BCUT2D eigenvalue weighted by Gasteiger charge is 2.27. The Labute approximate surface area is 185 Å². The molecule has 31 heavy (non-hydrogen) atoms. The lowest BCUT2D eigenvalue weighted by atomic mass is 9.97. The fraction of sp³-hybridized carbons (Fsp3) is 0.261. The second kappa shape index (κ2) is 9.31. The first-order chi connectivity index (χ1) is 15.0. The van der Waals surface area contributed by atoms with Gasteiger partial charge in [0.2, 0.25) is 5.91 Å². The number of halogens is 2. The zero-order valence-corrected chi connectivity index (χ0v) is 17.8. The van der Waals surface area contributed by atoms with Crippen molar-refractivity contribution in [3.05, 3.63) is 65.6 Å². The summed E-state index contributed by atoms with van der Waals surface area (Å²) in [5.74, 6) is 1.14. The number of carbonyl (C=O) groups is 1. The first-order valence-corrected chi connectivity index (χ1v) is 10.4. The van der Waals surface area contributed by atoms with E-state index in [1.807, 2.05) is 6.07 Å². The van der Waals surface area contributed by atoms with Crippen LogP contribution >= 0.6 is 11.6 Å². The third-order valence-electron chi connectivity index (χ3n) is 5.26. The first kappa shape index (κ1) is 21.1. The van der Waals surface area contributed by atoms with E-state index in [1.54, 1.807) is 43.6 Å². The van der Waals surface area contributed by atoms with Gasteiger partial charge in [0.1, 0.15) is 17.4 Å². The van der Waals surface area contributed by atoms with Crippen LogP contribution in [0.1, 0.15) is 12.8 Å². The molecule has 0 unspecified atom stereocenters. The summed E-state index contributed by atoms with van der Waals surface area (Å²) in [5, 5.41) is 3.38. The summed E-state index contributed by atoms with van der Waals surface area (Å²) in [4.78, 5) is 23.8. The van der Waals surface area contributed by atoms with Crippen LogP contribution in [0.4, 0.5) is 15.9 Å². The van der Waals surface area contributed by atoms with Gasteiger partial charge >= 0.3 is 0 Å². The molecule has 1 amide bonds. The van der Waals surface area contributed by atoms with E-state index in [9.17, 15) is 9.18 Å². The lowest BCUT2D eigenvalue weighted by molar-refractivity contribution is -0.120. The molecule has 0 radical (unpaired) electrons. The van der Waals surface area contributed by atoms with Crippen LogP contribution in [0.2, 0.25) is 5.02 Å². The van der Waals surface area contributed by atoms with Crippen molar-refractivity contribution in [1.82, 2.24) is 9.97 Å². The number of aromatic nitrogens is 2. The molecule has 3 aromatic rings. The molecule has 1 aliphatic heterocycles. The number of benzene rings is 2. The van der Waals surface area contributed by atoms with Gasteiger partial charge in [-0.05, 0) is 49.2 Å². The largest absolute Gasteiger partial charge is 0.495 e. The van der Waals surface area contributed by atoms with Gasteiger partial charge in [0, 0.05) is 30.5 Å². The van der Waals surface area contributed by atoms with E-state index in [0.717, 1.165) is 25.2 Å². The van der Waals surface area contributed by atoms with Crippen LogP contribution < -0.4 is 15.0 Å². The summed E-state index contributed by atoms with van der Waals surface area (Å²) >= 11 is 6.15. The Morgan fingerprint density at radius 2 is 2.13 bits per heavy atom. The number of piperidine rings is 1. The number of carbonyl (C=O) groups excluding carboxylic acids is 1. The molecule has 6 nitrogen and oxygen atoms in total. The molecule has 4 rings (SSSR count). The SMILES string of the molecule is COc1ccc(NC(=O)[C@@H]2CCCN(c3ccnc(-c4cccc(F)c4)n3)C2)cc1Cl. The molecule has 0 saturated carbocycles. The number of hydrogen-bond acceptors (Lipinski definition) is 5. The Kier molecular flexibility index (Phi) is 6.32. The molecule has 1 aromatic heterocycles. The van der Waals surface area contributed by atoms with Gasteiger partial charge in [0.15, 0.2) is 5.82 Å². The predicted octanol–water partition coefficient (Wildman–Crippen LogP) is 4.80. The average molecular weight is 441 g/mol. The summed E-state index contributed by atoms with van der Waals surface area (Å²) in [6.45, 7) is 1.33. The number of amides is 1. The van der Waals surface area contributed by atoms with Gasteiger partial charge in [-0.25, -0.2) is 14.4 Å². The number of rotatable bonds is 5. The van der Waals surface area contributed by atoms with Crippen LogP contribution in [0.25, 0.3) is 11.4 Å². The highest BCUT2D eigenvalue weighted by molar-refractivity contribution is 6.32. The molecule has 1 aliphatic rings. The smallest absolute Gasteiger partial charge is 0.229 e. The molecule has 0 bridgehead atoms. The number of methoxy groups -OCH3 is 1. The van der Waals surface area contributed by atoms with Crippen LogP contribution in [-0.2, 0) is 4.79 Å². The van der Waals surface area contributed by atoms with Crippen LogP contribution in [0.5, 0.6) is 5.75 Å². The maximum Gasteiger partial charge on any atom is 0.229 e. The quantitative estimate of drug-likeness (QED) is 0.617. The van der Waals surface area contributed by atoms with E-state index in [-0.39, 0.29) is 17.6 Å². The molecular weight excluding hydrogens is 419 g/mol. The summed E-state index contributed by atoms with van der Waals surface area (Å²) in [5.41, 5.74) is 1.24. The van der Waals surface area contributed by atoms with E-state index < -0.39 is 0 Å². The minimum Gasteiger partial charge on any atom is -0.495 e. The summed E-state index contributed by atoms with van der Waals surface area (Å²) in [6.07, 6.45) is 3.31. The highest BCUT2D eigenvalue weighted by Crippen LogP contribution is 2.29. The Bertz CT molecular complexity index is 1090. The highest BCUT2D eigenvalue weighted by atomic mass is 35.5. The predicted molar refractivity (Wildman–Crippen MR) is 119 cm³/mol. The van der Waals surface area contributed by atoms with Crippen molar-refractivity contribution in [3.63, 3.8) is 0 Å². The number of nitrogens with zero attached hydrogens (tertiary/aromatic N) is 3. The number of ether oxygens (including phenoxy) is 1. The van der Waals surface area contributed by atoms with Crippen molar-refractivity contribution in [2.75, 3.05) is 30.4 Å². The third-order valence-corrected chi connectivity index (χ3v) is 5.55. The number of nitrogens with one attached hydrogen (secondary N) is 1. The average Bonchev–Trinajstić information content (AvgIpc) is 2.79. The van der Waals surface area contributed by atoms with Gasteiger partial charge < -0.3 is 15.0 Å². The van der Waals surface area contributed by atoms with Gasteiger partial charge in [-0.2, -0.15) is 0 Å². The molecule has 2 aromatic carbocycles. The molecule has 1 fully saturated rings. The van der Waals surface area contributed by atoms with Gasteiger partial charge in [0.05, 0.1) is 18.1 Å². The molecule has 1 N–H and O–H groups in total. The Morgan fingerprint density at radius 1 is 1.26 bits per heavy atom. The normalized spacial score (nSPS) is 16.1. The Hall–Kier alpha value is -3.19. The van der Waals surface area contributed by atoms with Crippen molar-refractivity contribution in [2.24, 2.45) is 5.92 Å². The van der Waals surface area contributed by atoms with Crippen molar-refractivity contribution < 1.29 is 13.9 Å². The summed E-state index contributed by atoms with van der Waals surface area (Å²) in [6, 6.07) is 13.2. The van der Waals surface area contributed by atoms with Gasteiger partial charge in [-0.1, -0.05) is 23.7 Å². The van der Waals surface area contributed by atoms with Gasteiger partial charge in [-0.15, -0.1) is 0 Å². The second-order valence-electron chi connectivity index (χ2n) is 7.37. The fourth-order valence-corrected chi connectivity index (χ4v) is 3.94. The number of anilines is 2. The van der Waals surface area contributed by atoms with Gasteiger partial charge in [0.25, 0.3) is 0 Å². The third kappa shape index (κ3) is 4.94. The van der Waals surface area contributed by atoms with E-state index >= 15 is 0 Å². The Balaban J connectivity index is 1.46. The fourth-order valence-electron chi connectivity index (χ4n) is 3.68. The molecule has 0 spiro atoms. The molecule has 8 heteroatoms. The minimum absolute atomic E-state index is 0.0645. The van der Waals surface area contributed by atoms with E-state index in [0.29, 0.717) is 34.4 Å². The minimum atomic E-state index is -0.333. The van der Waals surface area contributed by atoms with Gasteiger partial charge in [-0.3, -0.25) is 4.79 Å². The summed E-state index contributed by atoms with van der Waals surface area (Å²) < 4.78 is 18.7. The zero-order valence-electron chi connectivity index (χ0n) is 17.0. The van der Waals surface area contributed by atoms with Crippen molar-refractivity contribution in [1.29, 1.82) is 0 Å². The van der Waals surface area contributed by atoms with E-state index in [1.165, 1.54) is 12.1 Å². The molecule has 160 valence electrons. The topological polar surface area (TPSA) is 67.3 Å². The molecule has 1 saturated heterocycles. The van der Waals surface area contributed by atoms with Crippen LogP contribution in [-0.4, -0.2) is 36.1 Å². The monoisotopic (exact) mass is 440 g/mol. The molecular formula is C23H22ClFN4O2. The molecule has 2 heterocycles. The van der Waals surface area contributed by atoms with Crippen molar-refractivity contribution >= 4 is 29.0 Å². The van der Waals surface area contributed by atoms with Crippen LogP contribution in [0.15, 0.2) is 54.7 Å². The molecule has 1 atom stereocenters. The molecule has 0 aliphatic carbocycles. The van der Waals surface area contributed by atoms with Crippen molar-refractivity contribution in [2.45, 2.75) is 12.8 Å². The van der Waals surface area contributed by atoms with Crippen LogP contribution in [0.3, 0.4) is 0 Å². The van der Waals surface area contributed by atoms with E-state index in [2.05, 4.69) is 20.2 Å². The van der Waals surface area contributed by atoms with Crippen molar-refractivity contribution in [3.8, 4) is 17.1 Å². The lowest BCUT2D eigenvalue weighted by Crippen LogP contribution is -2.41. The maximum atomic E-state index is 13.6. The maximum absolute atomic E-state index is 13.6. The Morgan fingerprint density at radius 3 is 2.90 bits per heavy atom. The summed E-state index contributed by atoms with van der Waals surface area (Å²) in [7, 11) is 1.54. The lowest BCUT2D eigenvalue weighted by Gasteiger charge is -2.33. The first-order valence-electron chi connectivity index (χ1n) is 10.0. The number of hydrogen-bond donors (Lipinski definition) is 1. The second-order valence-corrected chi connectivity index (χ2v) is 7.78. The van der Waals surface area contributed by atoms with Crippen LogP contribution in [0, 0.1) is 11.7 Å².